The van der Waals surface area contributed by atoms with Gasteiger partial charge in [-0.05, 0) is 41.3 Å². The second-order valence-corrected chi connectivity index (χ2v) is 6.97. The van der Waals surface area contributed by atoms with Crippen LogP contribution in [0, 0.1) is 5.82 Å². The van der Waals surface area contributed by atoms with Crippen LogP contribution in [0.5, 0.6) is 11.5 Å². The van der Waals surface area contributed by atoms with Crippen molar-refractivity contribution in [1.82, 2.24) is 5.32 Å². The zero-order valence-electron chi connectivity index (χ0n) is 15.6. The number of ether oxygens (including phenoxy) is 2. The van der Waals surface area contributed by atoms with Gasteiger partial charge in [-0.1, -0.05) is 18.2 Å². The number of rotatable bonds is 8. The van der Waals surface area contributed by atoms with Gasteiger partial charge in [0.05, 0.1) is 32.5 Å². The van der Waals surface area contributed by atoms with E-state index in [0.29, 0.717) is 17.2 Å². The smallest absolute Gasteiger partial charge is 0.238 e. The zero-order valence-corrected chi connectivity index (χ0v) is 16.4. The molecule has 0 saturated heterocycles. The highest BCUT2D eigenvalue weighted by Crippen LogP contribution is 2.29. The van der Waals surface area contributed by atoms with Gasteiger partial charge in [0.1, 0.15) is 17.3 Å². The van der Waals surface area contributed by atoms with Crippen LogP contribution in [0.15, 0.2) is 60.0 Å². The molecule has 146 valence electrons. The van der Waals surface area contributed by atoms with Crippen molar-refractivity contribution >= 4 is 22.9 Å². The molecule has 1 unspecified atom stereocenters. The molecule has 0 aliphatic rings. The molecule has 1 atom stereocenters. The second kappa shape index (κ2) is 9.34. The summed E-state index contributed by atoms with van der Waals surface area (Å²) in [5, 5.41) is 8.05. The molecule has 0 bridgehead atoms. The van der Waals surface area contributed by atoms with Gasteiger partial charge in [0.2, 0.25) is 5.91 Å². The average Bonchev–Trinajstić information content (AvgIpc) is 3.24. The molecule has 0 spiro atoms. The minimum atomic E-state index is -0.295. The molecule has 0 saturated carbocycles. The maximum atomic E-state index is 13.3. The van der Waals surface area contributed by atoms with Gasteiger partial charge >= 0.3 is 0 Å². The number of amides is 1. The van der Waals surface area contributed by atoms with Gasteiger partial charge < -0.3 is 14.8 Å². The van der Waals surface area contributed by atoms with Crippen LogP contribution in [0.2, 0.25) is 0 Å². The number of methoxy groups -OCH3 is 2. The third-order valence-electron chi connectivity index (χ3n) is 4.18. The van der Waals surface area contributed by atoms with Crippen LogP contribution in [0.4, 0.5) is 10.1 Å². The monoisotopic (exact) mass is 400 g/mol. The SMILES string of the molecule is COc1ccc(OC)c(NC(=O)CNC(c2ccc(F)cc2)c2cccs2)c1. The molecule has 5 nitrogen and oxygen atoms in total. The van der Waals surface area contributed by atoms with E-state index in [1.807, 2.05) is 17.5 Å². The fourth-order valence-corrected chi connectivity index (χ4v) is 3.62. The zero-order chi connectivity index (χ0) is 19.9. The molecular weight excluding hydrogens is 379 g/mol. The van der Waals surface area contributed by atoms with E-state index in [9.17, 15) is 9.18 Å². The number of carbonyl (C=O) groups is 1. The number of halogens is 1. The second-order valence-electron chi connectivity index (χ2n) is 6.00. The topological polar surface area (TPSA) is 59.6 Å². The molecule has 0 radical (unpaired) electrons. The molecule has 2 N–H and O–H groups in total. The van der Waals surface area contributed by atoms with Crippen LogP contribution in [0.25, 0.3) is 0 Å². The lowest BCUT2D eigenvalue weighted by Crippen LogP contribution is -2.31. The predicted octanol–water partition coefficient (Wildman–Crippen LogP) is 4.22. The van der Waals surface area contributed by atoms with Gasteiger partial charge in [-0.2, -0.15) is 0 Å². The summed E-state index contributed by atoms with van der Waals surface area (Å²) in [5.41, 5.74) is 1.42. The van der Waals surface area contributed by atoms with Crippen LogP contribution in [-0.2, 0) is 4.79 Å². The summed E-state index contributed by atoms with van der Waals surface area (Å²) in [4.78, 5) is 13.6. The Labute approximate surface area is 167 Å². The van der Waals surface area contributed by atoms with Gasteiger partial charge in [-0.3, -0.25) is 10.1 Å². The van der Waals surface area contributed by atoms with Crippen LogP contribution < -0.4 is 20.1 Å². The van der Waals surface area contributed by atoms with Crippen molar-refractivity contribution in [3.8, 4) is 11.5 Å². The lowest BCUT2D eigenvalue weighted by Gasteiger charge is -2.18. The first kappa shape index (κ1) is 19.9. The lowest BCUT2D eigenvalue weighted by molar-refractivity contribution is -0.115. The summed E-state index contributed by atoms with van der Waals surface area (Å²) >= 11 is 1.57. The Kier molecular flexibility index (Phi) is 6.62. The first-order valence-electron chi connectivity index (χ1n) is 8.65. The molecular formula is C21H21FN2O3S. The Hall–Kier alpha value is -2.90. The standard InChI is InChI=1S/C21H21FN2O3S/c1-26-16-9-10-18(27-2)17(12-16)24-20(25)13-23-21(19-4-3-11-28-19)14-5-7-15(22)8-6-14/h3-12,21,23H,13H2,1-2H3,(H,24,25). The quantitative estimate of drug-likeness (QED) is 0.594. The fourth-order valence-electron chi connectivity index (χ4n) is 2.79. The summed E-state index contributed by atoms with van der Waals surface area (Å²) < 4.78 is 23.8. The van der Waals surface area contributed by atoms with Crippen molar-refractivity contribution in [3.05, 3.63) is 76.2 Å². The van der Waals surface area contributed by atoms with Gasteiger partial charge in [0.15, 0.2) is 0 Å². The summed E-state index contributed by atoms with van der Waals surface area (Å²) in [7, 11) is 3.10. The number of hydrogen-bond acceptors (Lipinski definition) is 5. The molecule has 0 aliphatic heterocycles. The fraction of sp³-hybridized carbons (Fsp3) is 0.190. The largest absolute Gasteiger partial charge is 0.497 e. The number of thiophene rings is 1. The summed E-state index contributed by atoms with van der Waals surface area (Å²) in [5.74, 6) is 0.640. The minimum absolute atomic E-state index is 0.0697. The molecule has 0 fully saturated rings. The maximum absolute atomic E-state index is 13.3. The molecule has 2 aromatic carbocycles. The van der Waals surface area contributed by atoms with E-state index in [0.717, 1.165) is 10.4 Å². The predicted molar refractivity (Wildman–Crippen MR) is 109 cm³/mol. The number of hydrogen-bond donors (Lipinski definition) is 2. The van der Waals surface area contributed by atoms with Gasteiger partial charge in [-0.25, -0.2) is 4.39 Å². The maximum Gasteiger partial charge on any atom is 0.238 e. The van der Waals surface area contributed by atoms with Crippen molar-refractivity contribution in [2.75, 3.05) is 26.1 Å². The van der Waals surface area contributed by atoms with Gasteiger partial charge in [0.25, 0.3) is 0 Å². The van der Waals surface area contributed by atoms with E-state index in [1.165, 1.54) is 19.2 Å². The number of anilines is 1. The van der Waals surface area contributed by atoms with Gasteiger partial charge in [0, 0.05) is 10.9 Å². The molecule has 1 amide bonds. The Morgan fingerprint density at radius 1 is 1.11 bits per heavy atom. The molecule has 0 aliphatic carbocycles. The molecule has 3 aromatic rings. The van der Waals surface area contributed by atoms with Crippen molar-refractivity contribution in [1.29, 1.82) is 0 Å². The van der Waals surface area contributed by atoms with Crippen molar-refractivity contribution in [3.63, 3.8) is 0 Å². The Morgan fingerprint density at radius 2 is 1.89 bits per heavy atom. The highest BCUT2D eigenvalue weighted by molar-refractivity contribution is 7.10. The Balaban J connectivity index is 1.71. The molecule has 28 heavy (non-hydrogen) atoms. The van der Waals surface area contributed by atoms with E-state index >= 15 is 0 Å². The third-order valence-corrected chi connectivity index (χ3v) is 5.12. The first-order chi connectivity index (χ1) is 13.6. The highest BCUT2D eigenvalue weighted by Gasteiger charge is 2.17. The first-order valence-corrected chi connectivity index (χ1v) is 9.53. The number of nitrogens with one attached hydrogen (secondary N) is 2. The summed E-state index contributed by atoms with van der Waals surface area (Å²) in [6, 6.07) is 15.2. The summed E-state index contributed by atoms with van der Waals surface area (Å²) in [6.45, 7) is 0.0697. The van der Waals surface area contributed by atoms with Crippen molar-refractivity contribution in [2.24, 2.45) is 0 Å². The summed E-state index contributed by atoms with van der Waals surface area (Å²) in [6.07, 6.45) is 0. The van der Waals surface area contributed by atoms with E-state index in [1.54, 1.807) is 48.8 Å². The minimum Gasteiger partial charge on any atom is -0.497 e. The molecule has 3 rings (SSSR count). The normalized spacial score (nSPS) is 11.7. The number of benzene rings is 2. The number of carbonyl (C=O) groups excluding carboxylic acids is 1. The Bertz CT molecular complexity index is 914. The van der Waals surface area contributed by atoms with E-state index in [-0.39, 0.29) is 24.3 Å². The lowest BCUT2D eigenvalue weighted by atomic mass is 10.1. The van der Waals surface area contributed by atoms with Gasteiger partial charge in [-0.15, -0.1) is 11.3 Å². The molecule has 1 aromatic heterocycles. The van der Waals surface area contributed by atoms with Crippen LogP contribution in [-0.4, -0.2) is 26.7 Å². The molecule has 7 heteroatoms. The van der Waals surface area contributed by atoms with E-state index < -0.39 is 0 Å². The van der Waals surface area contributed by atoms with E-state index in [4.69, 9.17) is 9.47 Å². The Morgan fingerprint density at radius 3 is 2.54 bits per heavy atom. The van der Waals surface area contributed by atoms with Crippen molar-refractivity contribution in [2.45, 2.75) is 6.04 Å². The molecule has 1 heterocycles. The average molecular weight is 400 g/mol. The van der Waals surface area contributed by atoms with Crippen LogP contribution >= 0.6 is 11.3 Å². The highest BCUT2D eigenvalue weighted by atomic mass is 32.1. The van der Waals surface area contributed by atoms with Crippen LogP contribution in [0.3, 0.4) is 0 Å². The van der Waals surface area contributed by atoms with E-state index in [2.05, 4.69) is 10.6 Å². The van der Waals surface area contributed by atoms with Crippen molar-refractivity contribution < 1.29 is 18.7 Å². The van der Waals surface area contributed by atoms with Crippen LogP contribution in [0.1, 0.15) is 16.5 Å². The third kappa shape index (κ3) is 4.88.